The number of rotatable bonds is 0. The van der Waals surface area contributed by atoms with Crippen LogP contribution in [-0.2, 0) is 0 Å². The molecule has 0 saturated carbocycles. The number of phenolic OH excluding ortho intramolecular Hbond substituents is 1. The van der Waals surface area contributed by atoms with Gasteiger partial charge >= 0.3 is 0 Å². The second kappa shape index (κ2) is 4.69. The maximum absolute atomic E-state index is 13.6. The molecule has 3 aromatic rings. The van der Waals surface area contributed by atoms with Gasteiger partial charge in [-0.15, -0.1) is 0 Å². The third-order valence-electron chi connectivity index (χ3n) is 2.72. The van der Waals surface area contributed by atoms with E-state index in [4.69, 9.17) is 4.42 Å². The first-order valence-electron chi connectivity index (χ1n) is 5.97. The third-order valence-corrected chi connectivity index (χ3v) is 2.72. The van der Waals surface area contributed by atoms with Gasteiger partial charge in [0.1, 0.15) is 5.58 Å². The van der Waals surface area contributed by atoms with Gasteiger partial charge in [0, 0.05) is 10.8 Å². The van der Waals surface area contributed by atoms with E-state index in [2.05, 4.69) is 0 Å². The standard InChI is InChI=1S/C13H9FO2.C2H6/c1-7-2-3-8-9-4-5-10(15)12(14)13(9)16-11(8)6-7;1-2/h2-6,15H,1H3;1-2H3. The van der Waals surface area contributed by atoms with Gasteiger partial charge in [-0.1, -0.05) is 26.0 Å². The average Bonchev–Trinajstić information content (AvgIpc) is 2.74. The van der Waals surface area contributed by atoms with Crippen LogP contribution in [-0.4, -0.2) is 5.11 Å². The van der Waals surface area contributed by atoms with Gasteiger partial charge in [0.2, 0.25) is 5.82 Å². The Morgan fingerprint density at radius 1 is 1.06 bits per heavy atom. The Balaban J connectivity index is 0.000000574. The van der Waals surface area contributed by atoms with E-state index in [0.29, 0.717) is 11.0 Å². The van der Waals surface area contributed by atoms with Crippen molar-refractivity contribution < 1.29 is 13.9 Å². The molecule has 0 aliphatic carbocycles. The molecule has 0 unspecified atom stereocenters. The molecular weight excluding hydrogens is 231 g/mol. The summed E-state index contributed by atoms with van der Waals surface area (Å²) >= 11 is 0. The van der Waals surface area contributed by atoms with Crippen molar-refractivity contribution in [3.05, 3.63) is 41.7 Å². The molecule has 0 fully saturated rings. The molecule has 0 aliphatic rings. The van der Waals surface area contributed by atoms with Crippen molar-refractivity contribution in [3.63, 3.8) is 0 Å². The molecule has 94 valence electrons. The highest BCUT2D eigenvalue weighted by Gasteiger charge is 2.13. The maximum atomic E-state index is 13.6. The van der Waals surface area contributed by atoms with E-state index in [9.17, 15) is 9.50 Å². The summed E-state index contributed by atoms with van der Waals surface area (Å²) in [7, 11) is 0. The molecular formula is C15H15FO2. The highest BCUT2D eigenvalue weighted by molar-refractivity contribution is 6.05. The fourth-order valence-electron chi connectivity index (χ4n) is 1.90. The quantitative estimate of drug-likeness (QED) is 0.620. The van der Waals surface area contributed by atoms with Gasteiger partial charge in [-0.05, 0) is 30.7 Å². The lowest BCUT2D eigenvalue weighted by Gasteiger charge is -1.94. The van der Waals surface area contributed by atoms with Crippen molar-refractivity contribution in [2.24, 2.45) is 0 Å². The predicted octanol–water partition coefficient (Wildman–Crippen LogP) is 4.77. The number of hydrogen-bond acceptors (Lipinski definition) is 2. The minimum atomic E-state index is -0.702. The number of furan rings is 1. The van der Waals surface area contributed by atoms with Crippen LogP contribution in [0.2, 0.25) is 0 Å². The van der Waals surface area contributed by atoms with Gasteiger partial charge in [0.05, 0.1) is 0 Å². The lowest BCUT2D eigenvalue weighted by Crippen LogP contribution is -1.75. The molecule has 2 aromatic carbocycles. The molecule has 0 saturated heterocycles. The van der Waals surface area contributed by atoms with Crippen LogP contribution in [0.5, 0.6) is 5.75 Å². The maximum Gasteiger partial charge on any atom is 0.207 e. The van der Waals surface area contributed by atoms with E-state index in [1.54, 1.807) is 6.07 Å². The first kappa shape index (κ1) is 12.4. The van der Waals surface area contributed by atoms with Crippen LogP contribution in [0.25, 0.3) is 21.9 Å². The van der Waals surface area contributed by atoms with E-state index in [1.807, 2.05) is 39.0 Å². The number of benzene rings is 2. The molecule has 1 aromatic heterocycles. The van der Waals surface area contributed by atoms with Gasteiger partial charge in [-0.2, -0.15) is 4.39 Å². The Morgan fingerprint density at radius 3 is 2.44 bits per heavy atom. The number of aryl methyl sites for hydroxylation is 1. The Bertz CT molecular complexity index is 698. The van der Waals surface area contributed by atoms with E-state index >= 15 is 0 Å². The summed E-state index contributed by atoms with van der Waals surface area (Å²) in [6, 6.07) is 8.70. The van der Waals surface area contributed by atoms with Crippen LogP contribution in [0.1, 0.15) is 19.4 Å². The average molecular weight is 246 g/mol. The number of halogens is 1. The van der Waals surface area contributed by atoms with Gasteiger partial charge < -0.3 is 9.52 Å². The van der Waals surface area contributed by atoms with E-state index in [-0.39, 0.29) is 11.3 Å². The van der Waals surface area contributed by atoms with Crippen LogP contribution in [0, 0.1) is 12.7 Å². The molecule has 0 atom stereocenters. The zero-order chi connectivity index (χ0) is 13.3. The van der Waals surface area contributed by atoms with Crippen molar-refractivity contribution in [3.8, 4) is 5.75 Å². The van der Waals surface area contributed by atoms with Gasteiger partial charge in [0.25, 0.3) is 0 Å². The van der Waals surface area contributed by atoms with E-state index in [1.165, 1.54) is 6.07 Å². The molecule has 3 rings (SSSR count). The molecule has 0 radical (unpaired) electrons. The molecule has 0 spiro atoms. The molecule has 0 amide bonds. The lowest BCUT2D eigenvalue weighted by atomic mass is 10.1. The minimum absolute atomic E-state index is 0.112. The molecule has 1 heterocycles. The monoisotopic (exact) mass is 246 g/mol. The van der Waals surface area contributed by atoms with Crippen molar-refractivity contribution in [1.29, 1.82) is 0 Å². The summed E-state index contributed by atoms with van der Waals surface area (Å²) in [4.78, 5) is 0. The van der Waals surface area contributed by atoms with Crippen LogP contribution in [0.15, 0.2) is 34.7 Å². The summed E-state index contributed by atoms with van der Waals surface area (Å²) in [5.74, 6) is -1.09. The van der Waals surface area contributed by atoms with Crippen LogP contribution < -0.4 is 0 Å². The largest absolute Gasteiger partial charge is 0.505 e. The van der Waals surface area contributed by atoms with Crippen LogP contribution in [0.3, 0.4) is 0 Å². The predicted molar refractivity (Wildman–Crippen MR) is 71.4 cm³/mol. The topological polar surface area (TPSA) is 33.4 Å². The fourth-order valence-corrected chi connectivity index (χ4v) is 1.90. The van der Waals surface area contributed by atoms with Crippen molar-refractivity contribution in [1.82, 2.24) is 0 Å². The Labute approximate surface area is 105 Å². The smallest absolute Gasteiger partial charge is 0.207 e. The summed E-state index contributed by atoms with van der Waals surface area (Å²) in [6.45, 7) is 5.94. The molecule has 3 heteroatoms. The molecule has 2 nitrogen and oxygen atoms in total. The van der Waals surface area contributed by atoms with Crippen molar-refractivity contribution in [2.75, 3.05) is 0 Å². The Morgan fingerprint density at radius 2 is 1.72 bits per heavy atom. The van der Waals surface area contributed by atoms with E-state index in [0.717, 1.165) is 10.9 Å². The summed E-state index contributed by atoms with van der Waals surface area (Å²) in [5.41, 5.74) is 1.80. The summed E-state index contributed by atoms with van der Waals surface area (Å²) in [5, 5.41) is 10.8. The molecule has 1 N–H and O–H groups in total. The highest BCUT2D eigenvalue weighted by Crippen LogP contribution is 2.33. The van der Waals surface area contributed by atoms with Gasteiger partial charge in [-0.3, -0.25) is 0 Å². The second-order valence-electron chi connectivity index (χ2n) is 3.88. The van der Waals surface area contributed by atoms with Crippen LogP contribution >= 0.6 is 0 Å². The summed E-state index contributed by atoms with van der Waals surface area (Å²) < 4.78 is 19.0. The Hall–Kier alpha value is -2.03. The highest BCUT2D eigenvalue weighted by atomic mass is 19.1. The normalized spacial score (nSPS) is 10.4. The molecule has 0 bridgehead atoms. The SMILES string of the molecule is CC.Cc1ccc2c(c1)oc1c(F)c(O)ccc12. The first-order chi connectivity index (χ1) is 8.66. The zero-order valence-corrected chi connectivity index (χ0v) is 10.6. The first-order valence-corrected chi connectivity index (χ1v) is 5.97. The Kier molecular flexibility index (Phi) is 3.24. The second-order valence-corrected chi connectivity index (χ2v) is 3.88. The lowest BCUT2D eigenvalue weighted by molar-refractivity contribution is 0.430. The number of phenols is 1. The van der Waals surface area contributed by atoms with Crippen molar-refractivity contribution in [2.45, 2.75) is 20.8 Å². The zero-order valence-electron chi connectivity index (χ0n) is 10.6. The van der Waals surface area contributed by atoms with Gasteiger partial charge in [0.15, 0.2) is 11.3 Å². The number of fused-ring (bicyclic) bond motifs is 3. The van der Waals surface area contributed by atoms with Gasteiger partial charge in [-0.25, -0.2) is 0 Å². The molecule has 18 heavy (non-hydrogen) atoms. The van der Waals surface area contributed by atoms with Crippen LogP contribution in [0.4, 0.5) is 4.39 Å². The third kappa shape index (κ3) is 1.82. The fraction of sp³-hybridized carbons (Fsp3) is 0.200. The van der Waals surface area contributed by atoms with Crippen molar-refractivity contribution >= 4 is 21.9 Å². The molecule has 0 aliphatic heterocycles. The number of aromatic hydroxyl groups is 1. The minimum Gasteiger partial charge on any atom is -0.505 e. The van der Waals surface area contributed by atoms with E-state index < -0.39 is 5.82 Å². The number of hydrogen-bond donors (Lipinski definition) is 1. The summed E-state index contributed by atoms with van der Waals surface area (Å²) in [6.07, 6.45) is 0.